The topological polar surface area (TPSA) is 198 Å². The number of imidazole rings is 2. The van der Waals surface area contributed by atoms with E-state index < -0.39 is 24.1 Å². The summed E-state index contributed by atoms with van der Waals surface area (Å²) >= 11 is 0. The molecule has 4 N–H and O–H groups in total. The van der Waals surface area contributed by atoms with Crippen molar-refractivity contribution in [2.75, 3.05) is 33.9 Å². The number of hydrogen-bond donors (Lipinski definition) is 4. The minimum Gasteiger partial charge on any atom is -0.453 e. The highest BCUT2D eigenvalue weighted by molar-refractivity contribution is 5.91. The van der Waals surface area contributed by atoms with Gasteiger partial charge in [-0.3, -0.25) is 9.59 Å². The maximum absolute atomic E-state index is 13.7. The number of alkyl carbamates (subject to hydrolysis) is 2. The summed E-state index contributed by atoms with van der Waals surface area (Å²) in [6, 6.07) is 30.2. The third-order valence-corrected chi connectivity index (χ3v) is 9.40. The summed E-state index contributed by atoms with van der Waals surface area (Å²) in [6.07, 6.45) is 1.96. The Balaban J connectivity index is 1.12. The van der Waals surface area contributed by atoms with Gasteiger partial charge in [0.25, 0.3) is 5.91 Å². The number of ether oxygens (including phenoxy) is 2. The van der Waals surface area contributed by atoms with E-state index in [4.69, 9.17) is 4.74 Å². The Labute approximate surface area is 340 Å². The third kappa shape index (κ3) is 10.4. The van der Waals surface area contributed by atoms with Gasteiger partial charge >= 0.3 is 12.2 Å². The Morgan fingerprint density at radius 1 is 0.763 bits per heavy atom. The molecule has 59 heavy (non-hydrogen) atoms. The predicted molar refractivity (Wildman–Crippen MR) is 221 cm³/mol. The first kappa shape index (κ1) is 40.9. The molecule has 0 unspecified atom stereocenters. The van der Waals surface area contributed by atoms with E-state index in [1.807, 2.05) is 49.4 Å². The molecule has 0 fully saturated rings. The van der Waals surface area contributed by atoms with Crippen molar-refractivity contribution in [3.63, 3.8) is 0 Å². The van der Waals surface area contributed by atoms with Crippen LogP contribution in [-0.2, 0) is 32.2 Å². The lowest BCUT2D eigenvalue weighted by Crippen LogP contribution is -2.43. The van der Waals surface area contributed by atoms with Gasteiger partial charge in [-0.1, -0.05) is 91.0 Å². The van der Waals surface area contributed by atoms with Crippen LogP contribution >= 0.6 is 0 Å². The van der Waals surface area contributed by atoms with Crippen LogP contribution in [0.15, 0.2) is 116 Å². The van der Waals surface area contributed by atoms with Gasteiger partial charge in [0.1, 0.15) is 30.8 Å². The van der Waals surface area contributed by atoms with Gasteiger partial charge in [-0.2, -0.15) is 5.26 Å². The zero-order chi connectivity index (χ0) is 41.9. The number of rotatable bonds is 15. The van der Waals surface area contributed by atoms with E-state index in [0.717, 1.165) is 50.0 Å². The molecule has 6 rings (SSSR count). The van der Waals surface area contributed by atoms with Gasteiger partial charge in [0, 0.05) is 12.1 Å². The molecular formula is C44H43N9O6. The largest absolute Gasteiger partial charge is 0.453 e. The molecule has 0 aliphatic heterocycles. The van der Waals surface area contributed by atoms with E-state index in [1.165, 1.54) is 19.1 Å². The standard InChI is InChI=1S/C44H43N9O6/c1-28(2)25-53(40(54)24-48-43(56)58-3)27-39-46-22-36(49-39)30-12-10-29(11-13-30)32-14-15-34-21-35(17-16-33(34)20-32)37-23-47-38(50-37)26-52(19-18-45)42(55)41(51-44(57)59-4)31-8-6-5-7-9-31/h5-17,20-23,41H,1,19,24-27H2,2-4H3,(H,46,49)(H,47,50)(H,48,56)(H,51,57)/t41-/m1/s1. The summed E-state index contributed by atoms with van der Waals surface area (Å²) in [5.41, 5.74) is 6.77. The maximum atomic E-state index is 13.7. The first-order chi connectivity index (χ1) is 28.5. The molecule has 2 aromatic heterocycles. The normalized spacial score (nSPS) is 11.2. The number of H-pyrrole nitrogens is 2. The zero-order valence-corrected chi connectivity index (χ0v) is 32.8. The van der Waals surface area contributed by atoms with Crippen molar-refractivity contribution < 1.29 is 28.7 Å². The molecule has 0 saturated heterocycles. The molecule has 0 aliphatic rings. The van der Waals surface area contributed by atoms with E-state index in [1.54, 1.807) is 47.6 Å². The zero-order valence-electron chi connectivity index (χ0n) is 32.8. The van der Waals surface area contributed by atoms with Gasteiger partial charge in [-0.05, 0) is 52.1 Å². The van der Waals surface area contributed by atoms with Crippen LogP contribution < -0.4 is 10.6 Å². The Morgan fingerprint density at radius 3 is 1.93 bits per heavy atom. The number of hydrogen-bond acceptors (Lipinski definition) is 9. The second kappa shape index (κ2) is 18.9. The number of nitrogens with zero attached hydrogens (tertiary/aromatic N) is 5. The minimum atomic E-state index is -1.06. The second-order valence-electron chi connectivity index (χ2n) is 13.7. The number of carbonyl (C=O) groups is 4. The smallest absolute Gasteiger partial charge is 0.407 e. The number of methoxy groups -OCH3 is 2. The SMILES string of the molecule is C=C(C)CN(Cc1ncc(-c2ccc(-c3ccc4cc(-c5cnc(CN(CC#N)C(=O)[C@H](NC(=O)OC)c6ccccc6)[nH]5)ccc4c3)cc2)[nH]1)C(=O)CNC(=O)OC. The molecule has 15 nitrogen and oxygen atoms in total. The van der Waals surface area contributed by atoms with Crippen molar-refractivity contribution in [3.05, 3.63) is 133 Å². The molecule has 0 aliphatic carbocycles. The minimum absolute atomic E-state index is 0.0164. The van der Waals surface area contributed by atoms with Gasteiger partial charge in [0.15, 0.2) is 0 Å². The van der Waals surface area contributed by atoms with Crippen molar-refractivity contribution >= 4 is 34.8 Å². The summed E-state index contributed by atoms with van der Waals surface area (Å²) in [6.45, 7) is 5.86. The summed E-state index contributed by atoms with van der Waals surface area (Å²) in [5, 5.41) is 16.6. The van der Waals surface area contributed by atoms with E-state index in [-0.39, 0.29) is 32.1 Å². The van der Waals surface area contributed by atoms with Crippen molar-refractivity contribution in [1.82, 2.24) is 40.4 Å². The molecule has 0 saturated carbocycles. The van der Waals surface area contributed by atoms with Crippen LogP contribution in [0.2, 0.25) is 0 Å². The molecule has 15 heteroatoms. The van der Waals surface area contributed by atoms with E-state index in [9.17, 15) is 24.4 Å². The summed E-state index contributed by atoms with van der Waals surface area (Å²) in [5.74, 6) is 0.296. The fourth-order valence-corrected chi connectivity index (χ4v) is 6.46. The molecule has 0 bridgehead atoms. The van der Waals surface area contributed by atoms with Crippen molar-refractivity contribution in [2.45, 2.75) is 26.1 Å². The summed E-state index contributed by atoms with van der Waals surface area (Å²) in [7, 11) is 2.46. The first-order valence-corrected chi connectivity index (χ1v) is 18.6. The number of nitriles is 1. The fraction of sp³-hybridized carbons (Fsp3) is 0.205. The molecule has 1 atom stereocenters. The number of carbonyl (C=O) groups excluding carboxylic acids is 4. The lowest BCUT2D eigenvalue weighted by atomic mass is 9.98. The molecule has 0 radical (unpaired) electrons. The van der Waals surface area contributed by atoms with Crippen molar-refractivity contribution in [2.24, 2.45) is 0 Å². The number of amides is 4. The lowest BCUT2D eigenvalue weighted by molar-refractivity contribution is -0.133. The average molecular weight is 794 g/mol. The Hall–Kier alpha value is -7.73. The number of aromatic nitrogens is 4. The summed E-state index contributed by atoms with van der Waals surface area (Å²) in [4.78, 5) is 68.6. The molecule has 300 valence electrons. The molecule has 4 aromatic carbocycles. The van der Waals surface area contributed by atoms with Crippen LogP contribution in [0.3, 0.4) is 0 Å². The number of aromatic amines is 2. The van der Waals surface area contributed by atoms with Gasteiger partial charge in [0.05, 0.1) is 57.2 Å². The first-order valence-electron chi connectivity index (χ1n) is 18.6. The van der Waals surface area contributed by atoms with E-state index in [0.29, 0.717) is 23.8 Å². The number of fused-ring (bicyclic) bond motifs is 1. The quantitative estimate of drug-likeness (QED) is 0.0663. The van der Waals surface area contributed by atoms with Crippen LogP contribution in [0.25, 0.3) is 44.4 Å². The maximum Gasteiger partial charge on any atom is 0.407 e. The predicted octanol–water partition coefficient (Wildman–Crippen LogP) is 6.50. The van der Waals surface area contributed by atoms with Crippen LogP contribution in [-0.4, -0.2) is 87.6 Å². The fourth-order valence-electron chi connectivity index (χ4n) is 6.46. The highest BCUT2D eigenvalue weighted by Gasteiger charge is 2.28. The third-order valence-electron chi connectivity index (χ3n) is 9.40. The van der Waals surface area contributed by atoms with Crippen LogP contribution in [0.4, 0.5) is 9.59 Å². The monoisotopic (exact) mass is 793 g/mol. The van der Waals surface area contributed by atoms with Gasteiger partial charge < -0.3 is 39.9 Å². The molecular weight excluding hydrogens is 751 g/mol. The van der Waals surface area contributed by atoms with Gasteiger partial charge in [-0.15, -0.1) is 0 Å². The Morgan fingerprint density at radius 2 is 1.32 bits per heavy atom. The van der Waals surface area contributed by atoms with Crippen LogP contribution in [0.1, 0.15) is 30.2 Å². The number of nitrogens with one attached hydrogen (secondary N) is 4. The van der Waals surface area contributed by atoms with Crippen molar-refractivity contribution in [1.29, 1.82) is 5.26 Å². The Kier molecular flexibility index (Phi) is 13.1. The van der Waals surface area contributed by atoms with Crippen molar-refractivity contribution in [3.8, 4) is 39.7 Å². The molecule has 0 spiro atoms. The Bertz CT molecular complexity index is 2510. The number of benzene rings is 4. The highest BCUT2D eigenvalue weighted by atomic mass is 16.5. The van der Waals surface area contributed by atoms with Crippen LogP contribution in [0.5, 0.6) is 0 Å². The van der Waals surface area contributed by atoms with Crippen LogP contribution in [0, 0.1) is 11.3 Å². The summed E-state index contributed by atoms with van der Waals surface area (Å²) < 4.78 is 9.31. The van der Waals surface area contributed by atoms with E-state index >= 15 is 0 Å². The highest BCUT2D eigenvalue weighted by Crippen LogP contribution is 2.30. The van der Waals surface area contributed by atoms with Gasteiger partial charge in [0.2, 0.25) is 5.91 Å². The average Bonchev–Trinajstić information content (AvgIpc) is 3.94. The second-order valence-corrected chi connectivity index (χ2v) is 13.7. The molecule has 2 heterocycles. The van der Waals surface area contributed by atoms with Gasteiger partial charge in [-0.25, -0.2) is 19.6 Å². The van der Waals surface area contributed by atoms with E-state index in [2.05, 4.69) is 66.2 Å². The molecule has 4 amide bonds. The lowest BCUT2D eigenvalue weighted by Gasteiger charge is -2.25. The molecule has 6 aromatic rings.